The van der Waals surface area contributed by atoms with Crippen LogP contribution in [-0.4, -0.2) is 43.7 Å². The van der Waals surface area contributed by atoms with E-state index >= 15 is 0 Å². The van der Waals surface area contributed by atoms with Gasteiger partial charge >= 0.3 is 0 Å². The Labute approximate surface area is 121 Å². The third-order valence-corrected chi connectivity index (χ3v) is 3.98. The second-order valence-electron chi connectivity index (χ2n) is 4.48. The molecule has 0 N–H and O–H groups in total. The van der Waals surface area contributed by atoms with Crippen LogP contribution in [0.3, 0.4) is 0 Å². The molecule has 4 nitrogen and oxygen atoms in total. The van der Waals surface area contributed by atoms with Gasteiger partial charge in [0, 0.05) is 12.1 Å². The number of morpholine rings is 1. The number of nitrogens with zero attached hydrogens (tertiary/aromatic N) is 1. The van der Waals surface area contributed by atoms with Gasteiger partial charge in [0.1, 0.15) is 5.75 Å². The second kappa shape index (κ2) is 6.39. The van der Waals surface area contributed by atoms with Crippen molar-refractivity contribution >= 4 is 21.8 Å². The standard InChI is InChI=1S/C14H18BrNO3/c1-3-11-9-19-7-6-16(11)14(17)10-4-5-13(18-2)12(15)8-10/h4-5,8,11H,3,6-7,9H2,1-2H3. The van der Waals surface area contributed by atoms with E-state index < -0.39 is 0 Å². The topological polar surface area (TPSA) is 38.8 Å². The zero-order valence-corrected chi connectivity index (χ0v) is 12.8. The zero-order valence-electron chi connectivity index (χ0n) is 11.2. The molecule has 0 radical (unpaired) electrons. The van der Waals surface area contributed by atoms with Gasteiger partial charge in [0.05, 0.1) is 30.8 Å². The highest BCUT2D eigenvalue weighted by atomic mass is 79.9. The molecule has 1 heterocycles. The summed E-state index contributed by atoms with van der Waals surface area (Å²) in [6.07, 6.45) is 0.906. The van der Waals surface area contributed by atoms with Gasteiger partial charge in [0.15, 0.2) is 0 Å². The molecule has 1 aliphatic heterocycles. The summed E-state index contributed by atoms with van der Waals surface area (Å²) in [5.74, 6) is 0.782. The summed E-state index contributed by atoms with van der Waals surface area (Å²) in [5.41, 5.74) is 0.674. The van der Waals surface area contributed by atoms with Crippen LogP contribution in [-0.2, 0) is 4.74 Å². The fourth-order valence-corrected chi connectivity index (χ4v) is 2.77. The molecular weight excluding hydrogens is 310 g/mol. The molecule has 0 saturated carbocycles. The summed E-state index contributed by atoms with van der Waals surface area (Å²) in [6.45, 7) is 3.96. The Morgan fingerprint density at radius 3 is 3.00 bits per heavy atom. The first-order valence-electron chi connectivity index (χ1n) is 6.39. The molecule has 1 aromatic carbocycles. The fraction of sp³-hybridized carbons (Fsp3) is 0.500. The predicted octanol–water partition coefficient (Wildman–Crippen LogP) is 2.71. The van der Waals surface area contributed by atoms with E-state index in [0.29, 0.717) is 25.3 Å². The van der Waals surface area contributed by atoms with Crippen LogP contribution in [0.25, 0.3) is 0 Å². The predicted molar refractivity (Wildman–Crippen MR) is 76.6 cm³/mol. The van der Waals surface area contributed by atoms with Crippen molar-refractivity contribution in [1.29, 1.82) is 0 Å². The van der Waals surface area contributed by atoms with Gasteiger partial charge in [0.2, 0.25) is 0 Å². The molecule has 0 aliphatic carbocycles. The number of ether oxygens (including phenoxy) is 2. The Morgan fingerprint density at radius 2 is 2.37 bits per heavy atom. The molecule has 19 heavy (non-hydrogen) atoms. The van der Waals surface area contributed by atoms with Gasteiger partial charge < -0.3 is 14.4 Å². The maximum atomic E-state index is 12.5. The molecule has 2 rings (SSSR count). The molecule has 1 fully saturated rings. The van der Waals surface area contributed by atoms with E-state index in [1.807, 2.05) is 11.0 Å². The van der Waals surface area contributed by atoms with E-state index in [1.165, 1.54) is 0 Å². The molecule has 1 aromatic rings. The minimum Gasteiger partial charge on any atom is -0.496 e. The Bertz CT molecular complexity index is 464. The summed E-state index contributed by atoms with van der Waals surface area (Å²) in [4.78, 5) is 14.4. The molecule has 1 amide bonds. The SMILES string of the molecule is CCC1COCCN1C(=O)c1ccc(OC)c(Br)c1. The van der Waals surface area contributed by atoms with Crippen LogP contribution in [0.2, 0.25) is 0 Å². The molecule has 1 atom stereocenters. The number of halogens is 1. The van der Waals surface area contributed by atoms with Crippen LogP contribution in [0, 0.1) is 0 Å². The first-order chi connectivity index (χ1) is 9.17. The lowest BCUT2D eigenvalue weighted by atomic mass is 10.1. The van der Waals surface area contributed by atoms with E-state index in [1.54, 1.807) is 19.2 Å². The molecule has 104 valence electrons. The van der Waals surface area contributed by atoms with Gasteiger partial charge in [-0.3, -0.25) is 4.79 Å². The maximum Gasteiger partial charge on any atom is 0.254 e. The lowest BCUT2D eigenvalue weighted by molar-refractivity contribution is -0.00280. The van der Waals surface area contributed by atoms with E-state index in [0.717, 1.165) is 16.6 Å². The van der Waals surface area contributed by atoms with Crippen molar-refractivity contribution in [1.82, 2.24) is 4.90 Å². The molecule has 1 unspecified atom stereocenters. The van der Waals surface area contributed by atoms with E-state index in [2.05, 4.69) is 22.9 Å². The maximum absolute atomic E-state index is 12.5. The number of carbonyl (C=O) groups excluding carboxylic acids is 1. The molecule has 5 heteroatoms. The number of hydrogen-bond acceptors (Lipinski definition) is 3. The molecular formula is C14H18BrNO3. The minimum absolute atomic E-state index is 0.0542. The van der Waals surface area contributed by atoms with Crippen LogP contribution < -0.4 is 4.74 Å². The molecule has 0 aromatic heterocycles. The number of rotatable bonds is 3. The van der Waals surface area contributed by atoms with Gasteiger partial charge in [-0.1, -0.05) is 6.92 Å². The number of carbonyl (C=O) groups is 1. The molecule has 1 saturated heterocycles. The highest BCUT2D eigenvalue weighted by Crippen LogP contribution is 2.26. The van der Waals surface area contributed by atoms with Gasteiger partial charge in [0.25, 0.3) is 5.91 Å². The van der Waals surface area contributed by atoms with Crippen molar-refractivity contribution in [2.24, 2.45) is 0 Å². The minimum atomic E-state index is 0.0542. The number of amides is 1. The monoisotopic (exact) mass is 327 g/mol. The Balaban J connectivity index is 2.20. The number of benzene rings is 1. The van der Waals surface area contributed by atoms with Gasteiger partial charge in [-0.15, -0.1) is 0 Å². The molecule has 0 bridgehead atoms. The van der Waals surface area contributed by atoms with Crippen molar-refractivity contribution in [3.8, 4) is 5.75 Å². The summed E-state index contributed by atoms with van der Waals surface area (Å²) in [5, 5.41) is 0. The highest BCUT2D eigenvalue weighted by Gasteiger charge is 2.27. The fourth-order valence-electron chi connectivity index (χ4n) is 2.23. The second-order valence-corrected chi connectivity index (χ2v) is 5.34. The first-order valence-corrected chi connectivity index (χ1v) is 7.19. The normalized spacial score (nSPS) is 19.3. The van der Waals surface area contributed by atoms with E-state index in [9.17, 15) is 4.79 Å². The third-order valence-electron chi connectivity index (χ3n) is 3.36. The average molecular weight is 328 g/mol. The van der Waals surface area contributed by atoms with Crippen molar-refractivity contribution in [2.45, 2.75) is 19.4 Å². The largest absolute Gasteiger partial charge is 0.496 e. The van der Waals surface area contributed by atoms with Crippen LogP contribution in [0.5, 0.6) is 5.75 Å². The first kappa shape index (κ1) is 14.3. The summed E-state index contributed by atoms with van der Waals surface area (Å²) < 4.78 is 11.4. The van der Waals surface area contributed by atoms with Crippen LogP contribution in [0.4, 0.5) is 0 Å². The van der Waals surface area contributed by atoms with Crippen molar-refractivity contribution < 1.29 is 14.3 Å². The zero-order chi connectivity index (χ0) is 13.8. The van der Waals surface area contributed by atoms with Crippen molar-refractivity contribution in [2.75, 3.05) is 26.9 Å². The quantitative estimate of drug-likeness (QED) is 0.856. The van der Waals surface area contributed by atoms with Crippen molar-refractivity contribution in [3.63, 3.8) is 0 Å². The lowest BCUT2D eigenvalue weighted by Crippen LogP contribution is -2.48. The van der Waals surface area contributed by atoms with Crippen molar-refractivity contribution in [3.05, 3.63) is 28.2 Å². The lowest BCUT2D eigenvalue weighted by Gasteiger charge is -2.35. The van der Waals surface area contributed by atoms with Gasteiger partial charge in [-0.05, 0) is 40.5 Å². The van der Waals surface area contributed by atoms with Gasteiger partial charge in [-0.2, -0.15) is 0 Å². The molecule has 1 aliphatic rings. The number of hydrogen-bond donors (Lipinski definition) is 0. The van der Waals surface area contributed by atoms with Crippen LogP contribution in [0.1, 0.15) is 23.7 Å². The van der Waals surface area contributed by atoms with E-state index in [-0.39, 0.29) is 11.9 Å². The Morgan fingerprint density at radius 1 is 1.58 bits per heavy atom. The average Bonchev–Trinajstić information content (AvgIpc) is 2.46. The summed E-state index contributed by atoms with van der Waals surface area (Å²) in [6, 6.07) is 5.58. The summed E-state index contributed by atoms with van der Waals surface area (Å²) in [7, 11) is 1.61. The Kier molecular flexibility index (Phi) is 4.82. The van der Waals surface area contributed by atoms with Crippen LogP contribution >= 0.6 is 15.9 Å². The Hall–Kier alpha value is -1.07. The third kappa shape index (κ3) is 3.09. The van der Waals surface area contributed by atoms with Crippen LogP contribution in [0.15, 0.2) is 22.7 Å². The summed E-state index contributed by atoms with van der Waals surface area (Å²) >= 11 is 3.41. The highest BCUT2D eigenvalue weighted by molar-refractivity contribution is 9.10. The van der Waals surface area contributed by atoms with Gasteiger partial charge in [-0.25, -0.2) is 0 Å². The number of methoxy groups -OCH3 is 1. The van der Waals surface area contributed by atoms with E-state index in [4.69, 9.17) is 9.47 Å². The smallest absolute Gasteiger partial charge is 0.254 e. The molecule has 0 spiro atoms.